The summed E-state index contributed by atoms with van der Waals surface area (Å²) in [6, 6.07) is 14.9. The number of hydrogen-bond donors (Lipinski definition) is 1. The Morgan fingerprint density at radius 3 is 2.15 bits per heavy atom. The Morgan fingerprint density at radius 2 is 1.65 bits per heavy atom. The molecule has 0 fully saturated rings. The molecule has 0 saturated carbocycles. The first-order valence-corrected chi connectivity index (χ1v) is 8.81. The van der Waals surface area contributed by atoms with E-state index in [-0.39, 0.29) is 18.3 Å². The van der Waals surface area contributed by atoms with E-state index >= 15 is 0 Å². The number of rotatable bonds is 8. The van der Waals surface area contributed by atoms with Crippen molar-refractivity contribution in [1.82, 2.24) is 0 Å². The lowest BCUT2D eigenvalue weighted by Gasteiger charge is -2.27. The summed E-state index contributed by atoms with van der Waals surface area (Å²) >= 11 is 0. The van der Waals surface area contributed by atoms with Crippen molar-refractivity contribution in [3.63, 3.8) is 0 Å². The van der Waals surface area contributed by atoms with Crippen LogP contribution in [0.25, 0.3) is 0 Å². The smallest absolute Gasteiger partial charge is 0.262 e. The van der Waals surface area contributed by atoms with Crippen molar-refractivity contribution in [2.24, 2.45) is 0 Å². The van der Waals surface area contributed by atoms with E-state index in [1.54, 1.807) is 24.3 Å². The lowest BCUT2D eigenvalue weighted by atomic mass is 10.1. The number of hydrogen-bond acceptors (Lipinski definition) is 4. The van der Waals surface area contributed by atoms with Gasteiger partial charge in [-0.1, -0.05) is 0 Å². The highest BCUT2D eigenvalue weighted by Crippen LogP contribution is 2.20. The van der Waals surface area contributed by atoms with Crippen molar-refractivity contribution in [3.05, 3.63) is 54.1 Å². The number of nitrogens with one attached hydrogen (secondary N) is 1. The molecular formula is C21H26N2O3. The molecule has 26 heavy (non-hydrogen) atoms. The number of nitrogens with zero attached hydrogens (tertiary/aromatic N) is 1. The van der Waals surface area contributed by atoms with Crippen LogP contribution in [0.4, 0.5) is 11.4 Å². The average molecular weight is 354 g/mol. The second kappa shape index (κ2) is 9.04. The maximum absolute atomic E-state index is 12.0. The number of anilines is 2. The maximum Gasteiger partial charge on any atom is 0.262 e. The largest absolute Gasteiger partial charge is 0.484 e. The van der Waals surface area contributed by atoms with Crippen molar-refractivity contribution in [1.29, 1.82) is 0 Å². The molecule has 0 radical (unpaired) electrons. The van der Waals surface area contributed by atoms with Crippen molar-refractivity contribution >= 4 is 23.1 Å². The Bertz CT molecular complexity index is 737. The van der Waals surface area contributed by atoms with Gasteiger partial charge in [0.15, 0.2) is 12.4 Å². The Hall–Kier alpha value is -2.82. The van der Waals surface area contributed by atoms with Gasteiger partial charge in [0.1, 0.15) is 5.75 Å². The summed E-state index contributed by atoms with van der Waals surface area (Å²) in [6.45, 7) is 8.78. The normalized spacial score (nSPS) is 10.5. The van der Waals surface area contributed by atoms with Gasteiger partial charge >= 0.3 is 0 Å². The van der Waals surface area contributed by atoms with Crippen LogP contribution in [-0.4, -0.2) is 30.9 Å². The molecule has 1 amide bonds. The molecule has 0 heterocycles. The molecule has 2 aromatic carbocycles. The standard InChI is InChI=1S/C21H26N2O3/c1-5-23(15(2)3)19-10-8-18(9-11-19)22-21(25)14-26-20-12-6-17(7-13-20)16(4)24/h6-13,15H,5,14H2,1-4H3,(H,22,25). The van der Waals surface area contributed by atoms with E-state index in [1.165, 1.54) is 6.92 Å². The molecule has 0 aromatic heterocycles. The lowest BCUT2D eigenvalue weighted by Crippen LogP contribution is -2.30. The third-order valence-corrected chi connectivity index (χ3v) is 4.08. The summed E-state index contributed by atoms with van der Waals surface area (Å²) in [5, 5.41) is 2.82. The lowest BCUT2D eigenvalue weighted by molar-refractivity contribution is -0.118. The van der Waals surface area contributed by atoms with Crippen LogP contribution >= 0.6 is 0 Å². The number of carbonyl (C=O) groups excluding carboxylic acids is 2. The second-order valence-corrected chi connectivity index (χ2v) is 6.34. The van der Waals surface area contributed by atoms with E-state index in [0.29, 0.717) is 17.4 Å². The number of amides is 1. The Kier molecular flexibility index (Phi) is 6.78. The van der Waals surface area contributed by atoms with E-state index in [4.69, 9.17) is 4.74 Å². The van der Waals surface area contributed by atoms with Gasteiger partial charge in [-0.2, -0.15) is 0 Å². The minimum absolute atomic E-state index is 0.00292. The first-order chi connectivity index (χ1) is 12.4. The number of Topliss-reactive ketones (excluding diaryl/α,β-unsaturated/α-hetero) is 1. The minimum Gasteiger partial charge on any atom is -0.484 e. The summed E-state index contributed by atoms with van der Waals surface area (Å²) in [5.41, 5.74) is 2.47. The summed E-state index contributed by atoms with van der Waals surface area (Å²) in [4.78, 5) is 25.6. The molecule has 0 saturated heterocycles. The Labute approximate surface area is 155 Å². The summed E-state index contributed by atoms with van der Waals surface area (Å²) in [7, 11) is 0. The zero-order valence-electron chi connectivity index (χ0n) is 15.8. The van der Waals surface area contributed by atoms with Gasteiger partial charge in [0.25, 0.3) is 5.91 Å². The van der Waals surface area contributed by atoms with E-state index in [0.717, 1.165) is 17.9 Å². The van der Waals surface area contributed by atoms with Gasteiger partial charge in [0, 0.05) is 29.5 Å². The third kappa shape index (κ3) is 5.34. The van der Waals surface area contributed by atoms with E-state index in [2.05, 4.69) is 31.0 Å². The van der Waals surface area contributed by atoms with Crippen LogP contribution in [0, 0.1) is 0 Å². The molecule has 0 aliphatic rings. The number of carbonyl (C=O) groups is 2. The number of benzene rings is 2. The number of ether oxygens (including phenoxy) is 1. The first-order valence-electron chi connectivity index (χ1n) is 8.81. The minimum atomic E-state index is -0.232. The van der Waals surface area contributed by atoms with Gasteiger partial charge < -0.3 is 15.0 Å². The SMILES string of the molecule is CCN(c1ccc(NC(=O)COc2ccc(C(C)=O)cc2)cc1)C(C)C. The van der Waals surface area contributed by atoms with Crippen molar-refractivity contribution in [2.75, 3.05) is 23.4 Å². The molecule has 0 bridgehead atoms. The highest BCUT2D eigenvalue weighted by Gasteiger charge is 2.09. The zero-order chi connectivity index (χ0) is 19.1. The molecule has 138 valence electrons. The van der Waals surface area contributed by atoms with Crippen LogP contribution in [0.15, 0.2) is 48.5 Å². The Balaban J connectivity index is 1.88. The fourth-order valence-electron chi connectivity index (χ4n) is 2.71. The molecule has 1 N–H and O–H groups in total. The van der Waals surface area contributed by atoms with Crippen LogP contribution in [0.3, 0.4) is 0 Å². The monoisotopic (exact) mass is 354 g/mol. The molecular weight excluding hydrogens is 328 g/mol. The fourth-order valence-corrected chi connectivity index (χ4v) is 2.71. The predicted molar refractivity (Wildman–Crippen MR) is 105 cm³/mol. The van der Waals surface area contributed by atoms with Crippen molar-refractivity contribution in [3.8, 4) is 5.75 Å². The highest BCUT2D eigenvalue weighted by atomic mass is 16.5. The predicted octanol–water partition coefficient (Wildman–Crippen LogP) is 4.14. The molecule has 0 atom stereocenters. The van der Waals surface area contributed by atoms with Crippen LogP contribution in [0.5, 0.6) is 5.75 Å². The van der Waals surface area contributed by atoms with Gasteiger partial charge in [-0.25, -0.2) is 0 Å². The van der Waals surface area contributed by atoms with Gasteiger partial charge in [-0.15, -0.1) is 0 Å². The summed E-state index contributed by atoms with van der Waals surface area (Å²) in [6.07, 6.45) is 0. The molecule has 5 heteroatoms. The molecule has 2 rings (SSSR count). The van der Waals surface area contributed by atoms with Gasteiger partial charge in [-0.05, 0) is 76.2 Å². The van der Waals surface area contributed by atoms with E-state index < -0.39 is 0 Å². The second-order valence-electron chi connectivity index (χ2n) is 6.34. The van der Waals surface area contributed by atoms with Crippen molar-refractivity contribution in [2.45, 2.75) is 33.7 Å². The van der Waals surface area contributed by atoms with E-state index in [9.17, 15) is 9.59 Å². The van der Waals surface area contributed by atoms with Gasteiger partial charge in [0.2, 0.25) is 0 Å². The van der Waals surface area contributed by atoms with E-state index in [1.807, 2.05) is 24.3 Å². The van der Waals surface area contributed by atoms with Crippen LogP contribution in [0.1, 0.15) is 38.1 Å². The summed E-state index contributed by atoms with van der Waals surface area (Å²) in [5.74, 6) is 0.317. The quantitative estimate of drug-likeness (QED) is 0.724. The molecule has 0 aliphatic heterocycles. The maximum atomic E-state index is 12.0. The average Bonchev–Trinajstić information content (AvgIpc) is 2.62. The van der Waals surface area contributed by atoms with Crippen LogP contribution < -0.4 is 15.0 Å². The fraction of sp³-hybridized carbons (Fsp3) is 0.333. The topological polar surface area (TPSA) is 58.6 Å². The first kappa shape index (κ1) is 19.5. The highest BCUT2D eigenvalue weighted by molar-refractivity contribution is 5.94. The molecule has 5 nitrogen and oxygen atoms in total. The van der Waals surface area contributed by atoms with Crippen LogP contribution in [-0.2, 0) is 4.79 Å². The third-order valence-electron chi connectivity index (χ3n) is 4.08. The molecule has 0 unspecified atom stereocenters. The molecule has 0 spiro atoms. The van der Waals surface area contributed by atoms with Gasteiger partial charge in [0.05, 0.1) is 0 Å². The molecule has 0 aliphatic carbocycles. The molecule has 2 aromatic rings. The zero-order valence-corrected chi connectivity index (χ0v) is 15.8. The Morgan fingerprint density at radius 1 is 1.04 bits per heavy atom. The van der Waals surface area contributed by atoms with Crippen molar-refractivity contribution < 1.29 is 14.3 Å². The number of ketones is 1. The summed E-state index contributed by atoms with van der Waals surface area (Å²) < 4.78 is 5.45. The van der Waals surface area contributed by atoms with Crippen LogP contribution in [0.2, 0.25) is 0 Å². The van der Waals surface area contributed by atoms with Gasteiger partial charge in [-0.3, -0.25) is 9.59 Å².